The van der Waals surface area contributed by atoms with Crippen LogP contribution in [0.1, 0.15) is 44.7 Å². The van der Waals surface area contributed by atoms with Crippen molar-refractivity contribution in [2.24, 2.45) is 5.92 Å². The first-order valence-electron chi connectivity index (χ1n) is 10.4. The normalized spacial score (nSPS) is 16.7. The third kappa shape index (κ3) is 4.49. The number of carbonyl (C=O) groups excluding carboxylic acids is 1. The molecule has 0 spiro atoms. The Morgan fingerprint density at radius 3 is 2.52 bits per heavy atom. The third-order valence-electron chi connectivity index (χ3n) is 5.42. The Hall–Kier alpha value is -3.12. The second-order valence-corrected chi connectivity index (χ2v) is 8.49. The Morgan fingerprint density at radius 2 is 1.84 bits per heavy atom. The van der Waals surface area contributed by atoms with Gasteiger partial charge in [-0.05, 0) is 49.1 Å². The number of rotatable bonds is 6. The number of nitrogens with one attached hydrogen (secondary N) is 1. The number of hydrogen-bond donors (Lipinski definition) is 1. The zero-order chi connectivity index (χ0) is 22.0. The molecule has 160 valence electrons. The van der Waals surface area contributed by atoms with Crippen LogP contribution in [0.3, 0.4) is 0 Å². The fourth-order valence-electron chi connectivity index (χ4n) is 3.66. The van der Waals surface area contributed by atoms with Crippen LogP contribution in [-0.4, -0.2) is 27.6 Å². The molecule has 0 saturated carbocycles. The molecule has 1 aliphatic heterocycles. The highest BCUT2D eigenvalue weighted by Gasteiger charge is 2.35. The molecule has 2 heterocycles. The van der Waals surface area contributed by atoms with Crippen molar-refractivity contribution in [2.75, 3.05) is 6.54 Å². The van der Waals surface area contributed by atoms with Gasteiger partial charge in [-0.25, -0.2) is 4.79 Å². The van der Waals surface area contributed by atoms with Gasteiger partial charge in [-0.3, -0.25) is 4.90 Å². The highest BCUT2D eigenvalue weighted by atomic mass is 35.5. The summed E-state index contributed by atoms with van der Waals surface area (Å²) in [5.41, 5.74) is 3.40. The van der Waals surface area contributed by atoms with Gasteiger partial charge in [0, 0.05) is 22.8 Å². The fourth-order valence-corrected chi connectivity index (χ4v) is 3.79. The Balaban J connectivity index is 1.77. The molecule has 7 heteroatoms. The first kappa shape index (κ1) is 21.1. The lowest BCUT2D eigenvalue weighted by Crippen LogP contribution is -2.46. The minimum Gasteiger partial charge on any atom is -0.334 e. The molecule has 0 aliphatic carbocycles. The van der Waals surface area contributed by atoms with Gasteiger partial charge in [0.05, 0.1) is 11.6 Å². The van der Waals surface area contributed by atoms with Gasteiger partial charge in [0.15, 0.2) is 0 Å². The van der Waals surface area contributed by atoms with E-state index in [2.05, 4.69) is 29.3 Å². The molecule has 4 rings (SSSR count). The molecule has 2 amide bonds. The Bertz CT molecular complexity index is 1090. The smallest absolute Gasteiger partial charge is 0.322 e. The van der Waals surface area contributed by atoms with Crippen LogP contribution in [0, 0.1) is 5.92 Å². The summed E-state index contributed by atoms with van der Waals surface area (Å²) < 4.78 is 5.69. The van der Waals surface area contributed by atoms with E-state index in [0.29, 0.717) is 29.2 Å². The molecule has 1 aliphatic rings. The molecule has 6 nitrogen and oxygen atoms in total. The summed E-state index contributed by atoms with van der Waals surface area (Å²) >= 11 is 6.00. The van der Waals surface area contributed by atoms with Crippen molar-refractivity contribution in [1.82, 2.24) is 20.4 Å². The van der Waals surface area contributed by atoms with Crippen molar-refractivity contribution in [3.8, 4) is 11.4 Å². The maximum absolute atomic E-state index is 12.9. The number of amides is 2. The molecule has 1 atom stereocenters. The summed E-state index contributed by atoms with van der Waals surface area (Å²) in [6.45, 7) is 6.85. The molecule has 0 bridgehead atoms. The average Bonchev–Trinajstić information content (AvgIpc) is 3.23. The second-order valence-electron chi connectivity index (χ2n) is 8.06. The second kappa shape index (κ2) is 8.94. The molecular weight excluding hydrogens is 412 g/mol. The lowest BCUT2D eigenvalue weighted by atomic mass is 9.94. The number of carbonyl (C=O) groups is 1. The first-order chi connectivity index (χ1) is 14.9. The van der Waals surface area contributed by atoms with E-state index in [0.717, 1.165) is 28.8 Å². The lowest BCUT2D eigenvalue weighted by Gasteiger charge is -2.35. The summed E-state index contributed by atoms with van der Waals surface area (Å²) in [4.78, 5) is 19.4. The predicted molar refractivity (Wildman–Crippen MR) is 121 cm³/mol. The maximum Gasteiger partial charge on any atom is 0.322 e. The standard InChI is InChI=1S/C24H25ClN4O2/c1-15(2)13-14-29-16(3)20(21(26-24(29)30)17-7-5-4-6-8-17)23-27-22(28-31-23)18-9-11-19(25)12-10-18/h4-12,15,21H,13-14H2,1-3H3,(H,26,30). The zero-order valence-electron chi connectivity index (χ0n) is 17.8. The summed E-state index contributed by atoms with van der Waals surface area (Å²) in [6, 6.07) is 16.6. The Labute approximate surface area is 186 Å². The Morgan fingerprint density at radius 1 is 1.13 bits per heavy atom. The Kier molecular flexibility index (Phi) is 6.09. The summed E-state index contributed by atoms with van der Waals surface area (Å²) in [5, 5.41) is 7.95. The quantitative estimate of drug-likeness (QED) is 0.519. The van der Waals surface area contributed by atoms with Crippen LogP contribution in [-0.2, 0) is 0 Å². The summed E-state index contributed by atoms with van der Waals surface area (Å²) in [6.07, 6.45) is 0.897. The highest BCUT2D eigenvalue weighted by molar-refractivity contribution is 6.30. The van der Waals surface area contributed by atoms with Crippen molar-refractivity contribution in [3.05, 3.63) is 76.8 Å². The molecule has 1 N–H and O–H groups in total. The molecule has 3 aromatic rings. The molecule has 0 radical (unpaired) electrons. The van der Waals surface area contributed by atoms with Crippen molar-refractivity contribution in [2.45, 2.75) is 33.2 Å². The number of aromatic nitrogens is 2. The van der Waals surface area contributed by atoms with Crippen molar-refractivity contribution in [3.63, 3.8) is 0 Å². The lowest BCUT2D eigenvalue weighted by molar-refractivity contribution is 0.202. The molecule has 2 aromatic carbocycles. The topological polar surface area (TPSA) is 71.3 Å². The van der Waals surface area contributed by atoms with Gasteiger partial charge in [-0.15, -0.1) is 0 Å². The predicted octanol–water partition coefficient (Wildman–Crippen LogP) is 5.93. The fraction of sp³-hybridized carbons (Fsp3) is 0.292. The van der Waals surface area contributed by atoms with Crippen LogP contribution in [0.25, 0.3) is 17.0 Å². The number of urea groups is 1. The van der Waals surface area contributed by atoms with Gasteiger partial charge in [-0.1, -0.05) is 60.9 Å². The van der Waals surface area contributed by atoms with Crippen molar-refractivity contribution < 1.29 is 9.32 Å². The van der Waals surface area contributed by atoms with Crippen molar-refractivity contribution >= 4 is 23.2 Å². The van der Waals surface area contributed by atoms with Crippen LogP contribution in [0.2, 0.25) is 5.02 Å². The van der Waals surface area contributed by atoms with Crippen LogP contribution >= 0.6 is 11.6 Å². The van der Waals surface area contributed by atoms with Gasteiger partial charge < -0.3 is 9.84 Å². The van der Waals surface area contributed by atoms with E-state index in [-0.39, 0.29) is 12.1 Å². The minimum atomic E-state index is -0.373. The van der Waals surface area contributed by atoms with Crippen LogP contribution in [0.15, 0.2) is 64.8 Å². The number of hydrogen-bond acceptors (Lipinski definition) is 4. The van der Waals surface area contributed by atoms with Gasteiger partial charge in [-0.2, -0.15) is 4.98 Å². The molecule has 1 unspecified atom stereocenters. The summed E-state index contributed by atoms with van der Waals surface area (Å²) in [7, 11) is 0. The highest BCUT2D eigenvalue weighted by Crippen LogP contribution is 2.37. The number of benzene rings is 2. The van der Waals surface area contributed by atoms with Crippen molar-refractivity contribution in [1.29, 1.82) is 0 Å². The molecule has 31 heavy (non-hydrogen) atoms. The molecular formula is C24H25ClN4O2. The van der Waals surface area contributed by atoms with E-state index in [4.69, 9.17) is 16.1 Å². The number of allylic oxidation sites excluding steroid dienone is 1. The van der Waals surface area contributed by atoms with E-state index in [1.165, 1.54) is 0 Å². The van der Waals surface area contributed by atoms with Crippen LogP contribution in [0.5, 0.6) is 0 Å². The third-order valence-corrected chi connectivity index (χ3v) is 5.67. The SMILES string of the molecule is CC1=C(c2nc(-c3ccc(Cl)cc3)no2)C(c2ccccc2)NC(=O)N1CCC(C)C. The average molecular weight is 437 g/mol. The van der Waals surface area contributed by atoms with Gasteiger partial charge >= 0.3 is 6.03 Å². The maximum atomic E-state index is 12.9. The minimum absolute atomic E-state index is 0.117. The zero-order valence-corrected chi connectivity index (χ0v) is 18.6. The van der Waals surface area contributed by atoms with E-state index < -0.39 is 0 Å². The van der Waals surface area contributed by atoms with Crippen LogP contribution < -0.4 is 5.32 Å². The van der Waals surface area contributed by atoms with Crippen LogP contribution in [0.4, 0.5) is 4.79 Å². The number of nitrogens with zero attached hydrogens (tertiary/aromatic N) is 3. The molecule has 0 fully saturated rings. The van der Waals surface area contributed by atoms with E-state index in [1.54, 1.807) is 17.0 Å². The number of halogens is 1. The van der Waals surface area contributed by atoms with Gasteiger partial charge in [0.1, 0.15) is 0 Å². The van der Waals surface area contributed by atoms with Gasteiger partial charge in [0.25, 0.3) is 5.89 Å². The van der Waals surface area contributed by atoms with Gasteiger partial charge in [0.2, 0.25) is 5.82 Å². The summed E-state index contributed by atoms with van der Waals surface area (Å²) in [5.74, 6) is 1.35. The largest absolute Gasteiger partial charge is 0.334 e. The molecule has 1 aromatic heterocycles. The monoisotopic (exact) mass is 436 g/mol. The van der Waals surface area contributed by atoms with E-state index in [1.807, 2.05) is 49.4 Å². The van der Waals surface area contributed by atoms with E-state index in [9.17, 15) is 4.79 Å². The van der Waals surface area contributed by atoms with E-state index >= 15 is 0 Å². The first-order valence-corrected chi connectivity index (χ1v) is 10.8. The molecule has 0 saturated heterocycles.